The lowest BCUT2D eigenvalue weighted by Crippen LogP contribution is -2.39. The van der Waals surface area contributed by atoms with Crippen LogP contribution >= 0.6 is 11.6 Å². The number of carbonyl (C=O) groups excluding carboxylic acids is 1. The zero-order valence-corrected chi connectivity index (χ0v) is 16.0. The number of halogens is 1. The first-order chi connectivity index (χ1) is 13.6. The molecule has 144 valence electrons. The molecule has 1 amide bonds. The fourth-order valence-electron chi connectivity index (χ4n) is 3.52. The molecule has 0 saturated carbocycles. The smallest absolute Gasteiger partial charge is 0.276 e. The highest BCUT2D eigenvalue weighted by atomic mass is 35.5. The number of hydrogen-bond donors (Lipinski definition) is 1. The van der Waals surface area contributed by atoms with Crippen LogP contribution in [0.3, 0.4) is 0 Å². The van der Waals surface area contributed by atoms with Crippen LogP contribution in [0.1, 0.15) is 46.5 Å². The van der Waals surface area contributed by atoms with Gasteiger partial charge in [0.1, 0.15) is 11.5 Å². The van der Waals surface area contributed by atoms with Gasteiger partial charge in [0, 0.05) is 30.7 Å². The number of nitrogens with zero attached hydrogens (tertiary/aromatic N) is 3. The van der Waals surface area contributed by atoms with E-state index in [-0.39, 0.29) is 23.3 Å². The van der Waals surface area contributed by atoms with Crippen molar-refractivity contribution in [3.05, 3.63) is 76.7 Å². The van der Waals surface area contributed by atoms with Crippen LogP contribution in [-0.2, 0) is 6.42 Å². The fraction of sp³-hybridized carbons (Fsp3) is 0.286. The number of benzene rings is 1. The molecule has 1 atom stereocenters. The van der Waals surface area contributed by atoms with E-state index in [1.165, 1.54) is 12.3 Å². The number of rotatable bonds is 4. The number of likely N-dealkylation sites (tertiary alicyclic amines) is 1. The maximum atomic E-state index is 12.7. The van der Waals surface area contributed by atoms with Crippen molar-refractivity contribution in [3.8, 4) is 5.75 Å². The van der Waals surface area contributed by atoms with Crippen molar-refractivity contribution in [2.75, 3.05) is 13.1 Å². The van der Waals surface area contributed by atoms with Gasteiger partial charge in [-0.05, 0) is 42.7 Å². The monoisotopic (exact) mass is 397 g/mol. The van der Waals surface area contributed by atoms with E-state index < -0.39 is 0 Å². The predicted octanol–water partition coefficient (Wildman–Crippen LogP) is 4.04. The molecule has 0 bridgehead atoms. The molecule has 1 N–H and O–H groups in total. The highest BCUT2D eigenvalue weighted by Gasteiger charge is 2.30. The van der Waals surface area contributed by atoms with Gasteiger partial charge in [0.15, 0.2) is 11.6 Å². The molecule has 3 aromatic rings. The van der Waals surface area contributed by atoms with Crippen LogP contribution in [-0.4, -0.2) is 39.0 Å². The number of aromatic hydroxyl groups is 1. The molecular formula is C21H20ClN3O3. The molecule has 0 aliphatic carbocycles. The molecule has 1 aliphatic rings. The summed E-state index contributed by atoms with van der Waals surface area (Å²) < 4.78 is 5.97. The number of carbonyl (C=O) groups is 1. The zero-order valence-electron chi connectivity index (χ0n) is 15.2. The minimum Gasteiger partial charge on any atom is -0.505 e. The van der Waals surface area contributed by atoms with E-state index in [0.29, 0.717) is 30.4 Å². The van der Waals surface area contributed by atoms with E-state index in [0.717, 1.165) is 24.2 Å². The second-order valence-electron chi connectivity index (χ2n) is 6.93. The fourth-order valence-corrected chi connectivity index (χ4v) is 3.73. The number of pyridine rings is 1. The Morgan fingerprint density at radius 1 is 1.29 bits per heavy atom. The van der Waals surface area contributed by atoms with E-state index in [4.69, 9.17) is 16.0 Å². The SMILES string of the molecule is O=C(c1ncccc1O)N1CCC[C@@H](c2ncc(Cc3cccc(Cl)c3)o2)C1. The molecule has 1 aromatic carbocycles. The summed E-state index contributed by atoms with van der Waals surface area (Å²) in [5.41, 5.74) is 1.14. The van der Waals surface area contributed by atoms with Crippen LogP contribution in [0.15, 0.2) is 53.2 Å². The third-order valence-corrected chi connectivity index (χ3v) is 5.12. The Kier molecular flexibility index (Phi) is 5.30. The Bertz CT molecular complexity index is 988. The van der Waals surface area contributed by atoms with Gasteiger partial charge in [-0.2, -0.15) is 0 Å². The van der Waals surface area contributed by atoms with Gasteiger partial charge in [-0.25, -0.2) is 9.97 Å². The Labute approximate surface area is 167 Å². The number of amides is 1. The van der Waals surface area contributed by atoms with Crippen molar-refractivity contribution < 1.29 is 14.3 Å². The van der Waals surface area contributed by atoms with Gasteiger partial charge in [-0.1, -0.05) is 23.7 Å². The van der Waals surface area contributed by atoms with Crippen LogP contribution in [0.25, 0.3) is 0 Å². The summed E-state index contributed by atoms with van der Waals surface area (Å²) in [6, 6.07) is 10.7. The van der Waals surface area contributed by atoms with Crippen LogP contribution in [0.4, 0.5) is 0 Å². The second kappa shape index (κ2) is 8.02. The van der Waals surface area contributed by atoms with Crippen molar-refractivity contribution in [1.82, 2.24) is 14.9 Å². The highest BCUT2D eigenvalue weighted by molar-refractivity contribution is 6.30. The van der Waals surface area contributed by atoms with E-state index >= 15 is 0 Å². The molecule has 28 heavy (non-hydrogen) atoms. The average Bonchev–Trinajstić information content (AvgIpc) is 3.16. The molecular weight excluding hydrogens is 378 g/mol. The van der Waals surface area contributed by atoms with Crippen molar-refractivity contribution in [1.29, 1.82) is 0 Å². The van der Waals surface area contributed by atoms with E-state index in [1.54, 1.807) is 17.2 Å². The molecule has 7 heteroatoms. The minimum atomic E-state index is -0.270. The van der Waals surface area contributed by atoms with Gasteiger partial charge in [-0.3, -0.25) is 4.79 Å². The van der Waals surface area contributed by atoms with Crippen molar-refractivity contribution in [2.45, 2.75) is 25.2 Å². The Balaban J connectivity index is 1.46. The summed E-state index contributed by atoms with van der Waals surface area (Å²) in [5.74, 6) is 1.06. The molecule has 6 nitrogen and oxygen atoms in total. The lowest BCUT2D eigenvalue weighted by molar-refractivity contribution is 0.0688. The summed E-state index contributed by atoms with van der Waals surface area (Å²) in [5, 5.41) is 10.6. The largest absolute Gasteiger partial charge is 0.505 e. The van der Waals surface area contributed by atoms with Gasteiger partial charge in [-0.15, -0.1) is 0 Å². The van der Waals surface area contributed by atoms with Crippen molar-refractivity contribution >= 4 is 17.5 Å². The normalized spacial score (nSPS) is 16.9. The van der Waals surface area contributed by atoms with Gasteiger partial charge in [0.25, 0.3) is 5.91 Å². The molecule has 0 spiro atoms. The number of hydrogen-bond acceptors (Lipinski definition) is 5. The Hall–Kier alpha value is -2.86. The van der Waals surface area contributed by atoms with Gasteiger partial charge in [0.05, 0.1) is 12.1 Å². The molecule has 4 rings (SSSR count). The zero-order chi connectivity index (χ0) is 19.5. The quantitative estimate of drug-likeness (QED) is 0.718. The topological polar surface area (TPSA) is 79.5 Å². The van der Waals surface area contributed by atoms with Gasteiger partial charge >= 0.3 is 0 Å². The summed E-state index contributed by atoms with van der Waals surface area (Å²) in [4.78, 5) is 22.9. The summed E-state index contributed by atoms with van der Waals surface area (Å²) in [6.45, 7) is 1.12. The van der Waals surface area contributed by atoms with Crippen LogP contribution in [0.2, 0.25) is 5.02 Å². The summed E-state index contributed by atoms with van der Waals surface area (Å²) in [6.07, 6.45) is 5.60. The average molecular weight is 398 g/mol. The standard InChI is InChI=1S/C21H20ClN3O3/c22-16-6-1-4-14(10-16)11-17-12-24-20(28-17)15-5-3-9-25(13-15)21(27)19-18(26)7-2-8-23-19/h1-2,4,6-8,10,12,15,26H,3,5,9,11,13H2/t15-/m1/s1. The molecule has 1 aliphatic heterocycles. The first-order valence-corrected chi connectivity index (χ1v) is 9.60. The van der Waals surface area contributed by atoms with Crippen molar-refractivity contribution in [2.24, 2.45) is 0 Å². The number of piperidine rings is 1. The van der Waals surface area contributed by atoms with Gasteiger partial charge < -0.3 is 14.4 Å². The van der Waals surface area contributed by atoms with Crippen molar-refractivity contribution in [3.63, 3.8) is 0 Å². The molecule has 1 saturated heterocycles. The number of aromatic nitrogens is 2. The van der Waals surface area contributed by atoms with Crippen LogP contribution < -0.4 is 0 Å². The lowest BCUT2D eigenvalue weighted by Gasteiger charge is -2.31. The maximum Gasteiger partial charge on any atom is 0.276 e. The molecule has 2 aromatic heterocycles. The second-order valence-corrected chi connectivity index (χ2v) is 7.37. The highest BCUT2D eigenvalue weighted by Crippen LogP contribution is 2.29. The molecule has 0 unspecified atom stereocenters. The molecule has 1 fully saturated rings. The Morgan fingerprint density at radius 3 is 3.00 bits per heavy atom. The van der Waals surface area contributed by atoms with E-state index in [1.807, 2.05) is 24.3 Å². The van der Waals surface area contributed by atoms with E-state index in [9.17, 15) is 9.90 Å². The number of oxazole rings is 1. The van der Waals surface area contributed by atoms with Crippen LogP contribution in [0, 0.1) is 0 Å². The third kappa shape index (κ3) is 4.02. The van der Waals surface area contributed by atoms with Gasteiger partial charge in [0.2, 0.25) is 0 Å². The Morgan fingerprint density at radius 2 is 2.18 bits per heavy atom. The van der Waals surface area contributed by atoms with E-state index in [2.05, 4.69) is 9.97 Å². The predicted molar refractivity (Wildman–Crippen MR) is 105 cm³/mol. The summed E-state index contributed by atoms with van der Waals surface area (Å²) >= 11 is 6.04. The third-order valence-electron chi connectivity index (χ3n) is 4.89. The first-order valence-electron chi connectivity index (χ1n) is 9.22. The molecule has 3 heterocycles. The summed E-state index contributed by atoms with van der Waals surface area (Å²) in [7, 11) is 0. The maximum absolute atomic E-state index is 12.7. The molecule has 0 radical (unpaired) electrons. The minimum absolute atomic E-state index is 0.0247. The van der Waals surface area contributed by atoms with Crippen LogP contribution in [0.5, 0.6) is 5.75 Å². The lowest BCUT2D eigenvalue weighted by atomic mass is 9.97. The first kappa shape index (κ1) is 18.5.